The summed E-state index contributed by atoms with van der Waals surface area (Å²) < 4.78 is 0. The van der Waals surface area contributed by atoms with Gasteiger partial charge in [-0.3, -0.25) is 4.79 Å². The van der Waals surface area contributed by atoms with Gasteiger partial charge in [0.05, 0.1) is 0 Å². The van der Waals surface area contributed by atoms with E-state index in [0.29, 0.717) is 5.95 Å². The number of ketones is 1. The Hall–Kier alpha value is -2.01. The maximum absolute atomic E-state index is 11.5. The van der Waals surface area contributed by atoms with Gasteiger partial charge < -0.3 is 5.32 Å². The SMILES string of the molecule is CC(=O)C(C)c1ccccc1Nc1ncnc(Cl)n1. The lowest BCUT2D eigenvalue weighted by atomic mass is 9.96. The van der Waals surface area contributed by atoms with Gasteiger partial charge in [0, 0.05) is 11.6 Å². The van der Waals surface area contributed by atoms with Crippen LogP contribution < -0.4 is 5.32 Å². The molecule has 0 aliphatic heterocycles. The highest BCUT2D eigenvalue weighted by molar-refractivity contribution is 6.28. The zero-order valence-electron chi connectivity index (χ0n) is 10.6. The molecule has 1 N–H and O–H groups in total. The largest absolute Gasteiger partial charge is 0.324 e. The second-order valence-corrected chi connectivity index (χ2v) is 4.46. The highest BCUT2D eigenvalue weighted by Gasteiger charge is 2.15. The van der Waals surface area contributed by atoms with Gasteiger partial charge in [-0.25, -0.2) is 9.97 Å². The average Bonchev–Trinajstić information content (AvgIpc) is 2.38. The molecule has 0 bridgehead atoms. The standard InChI is InChI=1S/C13H13ClN4O/c1-8(9(2)19)10-5-3-4-6-11(10)17-13-16-7-15-12(14)18-13/h3-8H,1-2H3,(H,15,16,17,18). The van der Waals surface area contributed by atoms with Crippen LogP contribution in [0.3, 0.4) is 0 Å². The van der Waals surface area contributed by atoms with Crippen molar-refractivity contribution >= 4 is 29.0 Å². The molecule has 0 saturated heterocycles. The van der Waals surface area contributed by atoms with Crippen LogP contribution in [0.2, 0.25) is 5.28 Å². The number of Topliss-reactive ketones (excluding diaryl/α,β-unsaturated/α-hetero) is 1. The Morgan fingerprint density at radius 3 is 2.74 bits per heavy atom. The molecule has 5 nitrogen and oxygen atoms in total. The van der Waals surface area contributed by atoms with Crippen molar-refractivity contribution < 1.29 is 4.79 Å². The van der Waals surface area contributed by atoms with Crippen LogP contribution in [0.5, 0.6) is 0 Å². The Balaban J connectivity index is 2.33. The molecule has 1 heterocycles. The van der Waals surface area contributed by atoms with E-state index < -0.39 is 0 Å². The van der Waals surface area contributed by atoms with E-state index in [4.69, 9.17) is 11.6 Å². The van der Waals surface area contributed by atoms with Gasteiger partial charge in [-0.2, -0.15) is 4.98 Å². The molecule has 1 atom stereocenters. The Morgan fingerprint density at radius 1 is 1.32 bits per heavy atom. The minimum Gasteiger partial charge on any atom is -0.324 e. The molecule has 0 amide bonds. The van der Waals surface area contributed by atoms with Gasteiger partial charge in [0.1, 0.15) is 12.1 Å². The van der Waals surface area contributed by atoms with Gasteiger partial charge in [0.15, 0.2) is 0 Å². The minimum absolute atomic E-state index is 0.0999. The second-order valence-electron chi connectivity index (χ2n) is 4.12. The first-order valence-corrected chi connectivity index (χ1v) is 6.16. The number of hydrogen-bond donors (Lipinski definition) is 1. The lowest BCUT2D eigenvalue weighted by molar-refractivity contribution is -0.118. The monoisotopic (exact) mass is 276 g/mol. The Labute approximate surface area is 116 Å². The van der Waals surface area contributed by atoms with Crippen molar-refractivity contribution in [2.75, 3.05) is 5.32 Å². The summed E-state index contributed by atoms with van der Waals surface area (Å²) in [5.41, 5.74) is 1.68. The number of hydrogen-bond acceptors (Lipinski definition) is 5. The molecule has 1 aromatic carbocycles. The number of aromatic nitrogens is 3. The zero-order chi connectivity index (χ0) is 13.8. The quantitative estimate of drug-likeness (QED) is 0.930. The van der Waals surface area contributed by atoms with Gasteiger partial charge in [0.2, 0.25) is 11.2 Å². The third-order valence-electron chi connectivity index (χ3n) is 2.83. The van der Waals surface area contributed by atoms with Crippen molar-refractivity contribution in [2.45, 2.75) is 19.8 Å². The number of para-hydroxylation sites is 1. The predicted octanol–water partition coefficient (Wildman–Crippen LogP) is 2.96. The minimum atomic E-state index is -0.194. The fraction of sp³-hybridized carbons (Fsp3) is 0.231. The molecule has 0 aliphatic rings. The third kappa shape index (κ3) is 3.26. The third-order valence-corrected chi connectivity index (χ3v) is 3.01. The van der Waals surface area contributed by atoms with Crippen molar-refractivity contribution in [3.8, 4) is 0 Å². The number of carbonyl (C=O) groups is 1. The van der Waals surface area contributed by atoms with Crippen LogP contribution in [0, 0.1) is 0 Å². The van der Waals surface area contributed by atoms with E-state index in [1.165, 1.54) is 6.33 Å². The molecule has 0 spiro atoms. The van der Waals surface area contributed by atoms with E-state index in [2.05, 4.69) is 20.3 Å². The highest BCUT2D eigenvalue weighted by Crippen LogP contribution is 2.26. The van der Waals surface area contributed by atoms with Gasteiger partial charge in [-0.15, -0.1) is 0 Å². The molecule has 6 heteroatoms. The van der Waals surface area contributed by atoms with E-state index in [1.807, 2.05) is 31.2 Å². The van der Waals surface area contributed by atoms with Crippen molar-refractivity contribution in [1.29, 1.82) is 0 Å². The van der Waals surface area contributed by atoms with E-state index in [9.17, 15) is 4.79 Å². The van der Waals surface area contributed by atoms with Crippen LogP contribution in [0.15, 0.2) is 30.6 Å². The van der Waals surface area contributed by atoms with E-state index >= 15 is 0 Å². The van der Waals surface area contributed by atoms with E-state index in [0.717, 1.165) is 11.3 Å². The summed E-state index contributed by atoms with van der Waals surface area (Å²) in [6, 6.07) is 7.53. The fourth-order valence-electron chi connectivity index (χ4n) is 1.66. The van der Waals surface area contributed by atoms with Gasteiger partial charge in [-0.1, -0.05) is 25.1 Å². The Kier molecular flexibility index (Phi) is 4.06. The summed E-state index contributed by atoms with van der Waals surface area (Å²) in [6.07, 6.45) is 1.33. The van der Waals surface area contributed by atoms with Crippen LogP contribution in [0.4, 0.5) is 11.6 Å². The van der Waals surface area contributed by atoms with E-state index in [1.54, 1.807) is 6.92 Å². The lowest BCUT2D eigenvalue weighted by Gasteiger charge is -2.14. The van der Waals surface area contributed by atoms with Crippen LogP contribution in [0.25, 0.3) is 0 Å². The molecule has 0 saturated carbocycles. The number of benzene rings is 1. The molecule has 2 aromatic rings. The molecule has 0 fully saturated rings. The summed E-state index contributed by atoms with van der Waals surface area (Å²) in [7, 11) is 0. The summed E-state index contributed by atoms with van der Waals surface area (Å²) >= 11 is 5.71. The first-order valence-electron chi connectivity index (χ1n) is 5.79. The summed E-state index contributed by atoms with van der Waals surface area (Å²) in [5.74, 6) is 0.257. The predicted molar refractivity (Wildman–Crippen MR) is 73.7 cm³/mol. The Morgan fingerprint density at radius 2 is 2.05 bits per heavy atom. The van der Waals surface area contributed by atoms with Crippen LogP contribution in [-0.4, -0.2) is 20.7 Å². The molecule has 0 radical (unpaired) electrons. The number of nitrogens with zero attached hydrogens (tertiary/aromatic N) is 3. The van der Waals surface area contributed by atoms with Crippen molar-refractivity contribution in [3.05, 3.63) is 41.4 Å². The smallest absolute Gasteiger partial charge is 0.231 e. The first-order chi connectivity index (χ1) is 9.08. The normalized spacial score (nSPS) is 11.9. The van der Waals surface area contributed by atoms with Crippen molar-refractivity contribution in [1.82, 2.24) is 15.0 Å². The fourth-order valence-corrected chi connectivity index (χ4v) is 1.79. The number of nitrogens with one attached hydrogen (secondary N) is 1. The van der Waals surface area contributed by atoms with Crippen molar-refractivity contribution in [2.24, 2.45) is 0 Å². The lowest BCUT2D eigenvalue weighted by Crippen LogP contribution is -2.08. The zero-order valence-corrected chi connectivity index (χ0v) is 11.3. The van der Waals surface area contributed by atoms with Gasteiger partial charge in [-0.05, 0) is 30.2 Å². The first kappa shape index (κ1) is 13.4. The molecular weight excluding hydrogens is 264 g/mol. The summed E-state index contributed by atoms with van der Waals surface area (Å²) in [5, 5.41) is 3.17. The van der Waals surface area contributed by atoms with Gasteiger partial charge >= 0.3 is 0 Å². The number of carbonyl (C=O) groups excluding carboxylic acids is 1. The van der Waals surface area contributed by atoms with Crippen LogP contribution in [-0.2, 0) is 4.79 Å². The Bertz CT molecular complexity index is 603. The molecule has 1 unspecified atom stereocenters. The average molecular weight is 277 g/mol. The number of halogens is 1. The maximum Gasteiger partial charge on any atom is 0.231 e. The van der Waals surface area contributed by atoms with Crippen molar-refractivity contribution in [3.63, 3.8) is 0 Å². The molecule has 98 valence electrons. The molecular formula is C13H13ClN4O. The number of rotatable bonds is 4. The molecule has 1 aromatic heterocycles. The summed E-state index contributed by atoms with van der Waals surface area (Å²) in [4.78, 5) is 23.2. The highest BCUT2D eigenvalue weighted by atomic mass is 35.5. The summed E-state index contributed by atoms with van der Waals surface area (Å²) in [6.45, 7) is 3.44. The molecule has 0 aliphatic carbocycles. The van der Waals surface area contributed by atoms with Crippen LogP contribution in [0.1, 0.15) is 25.3 Å². The molecule has 19 heavy (non-hydrogen) atoms. The maximum atomic E-state index is 11.5. The van der Waals surface area contributed by atoms with Gasteiger partial charge in [0.25, 0.3) is 0 Å². The van der Waals surface area contributed by atoms with E-state index in [-0.39, 0.29) is 17.0 Å². The molecule has 2 rings (SSSR count). The van der Waals surface area contributed by atoms with Crippen LogP contribution >= 0.6 is 11.6 Å². The second kappa shape index (κ2) is 5.75. The number of anilines is 2. The topological polar surface area (TPSA) is 67.8 Å².